The van der Waals surface area contributed by atoms with E-state index in [-0.39, 0.29) is 12.4 Å². The number of halogens is 3. The molecule has 1 atom stereocenters. The monoisotopic (exact) mass is 409 g/mol. The fraction of sp³-hybridized carbons (Fsp3) is 0.238. The Morgan fingerprint density at radius 3 is 2.50 bits per heavy atom. The number of hydrogen-bond donors (Lipinski definition) is 1. The average Bonchev–Trinajstić information content (AvgIpc) is 3.08. The molecule has 0 aliphatic carbocycles. The van der Waals surface area contributed by atoms with Crippen molar-refractivity contribution in [3.05, 3.63) is 82.0 Å². The predicted octanol–water partition coefficient (Wildman–Crippen LogP) is 6.79. The Morgan fingerprint density at radius 1 is 1.00 bits per heavy atom. The second-order valence-electron chi connectivity index (χ2n) is 6.20. The molecule has 5 heteroatoms. The SMILES string of the molecule is CC(CCc1ccccc1)NCc1ccc(-c2ccc(Cl)cc2Cl)o1.Cl. The van der Waals surface area contributed by atoms with Crippen molar-refractivity contribution in [2.24, 2.45) is 0 Å². The van der Waals surface area contributed by atoms with Crippen molar-refractivity contribution in [3.63, 3.8) is 0 Å². The van der Waals surface area contributed by atoms with Crippen LogP contribution < -0.4 is 5.32 Å². The van der Waals surface area contributed by atoms with Crippen LogP contribution in [0, 0.1) is 0 Å². The van der Waals surface area contributed by atoms with Gasteiger partial charge in [-0.15, -0.1) is 12.4 Å². The Bertz CT molecular complexity index is 817. The highest BCUT2D eigenvalue weighted by atomic mass is 35.5. The molecular weight excluding hydrogens is 389 g/mol. The molecular formula is C21H22Cl3NO. The third-order valence-corrected chi connectivity index (χ3v) is 4.74. The minimum absolute atomic E-state index is 0. The first-order valence-electron chi connectivity index (χ1n) is 8.43. The van der Waals surface area contributed by atoms with Crippen molar-refractivity contribution in [1.29, 1.82) is 0 Å². The van der Waals surface area contributed by atoms with Gasteiger partial charge < -0.3 is 9.73 Å². The van der Waals surface area contributed by atoms with E-state index >= 15 is 0 Å². The molecule has 1 unspecified atom stereocenters. The highest BCUT2D eigenvalue weighted by Gasteiger charge is 2.10. The zero-order valence-electron chi connectivity index (χ0n) is 14.5. The van der Waals surface area contributed by atoms with Crippen LogP contribution in [0.2, 0.25) is 10.0 Å². The molecule has 1 aromatic heterocycles. The molecule has 2 nitrogen and oxygen atoms in total. The molecule has 2 aromatic carbocycles. The van der Waals surface area contributed by atoms with Crippen molar-refractivity contribution in [3.8, 4) is 11.3 Å². The summed E-state index contributed by atoms with van der Waals surface area (Å²) in [6.07, 6.45) is 2.15. The van der Waals surface area contributed by atoms with Crippen molar-refractivity contribution in [1.82, 2.24) is 5.32 Å². The summed E-state index contributed by atoms with van der Waals surface area (Å²) in [7, 11) is 0. The summed E-state index contributed by atoms with van der Waals surface area (Å²) >= 11 is 12.2. The molecule has 3 rings (SSSR count). The Hall–Kier alpha value is -1.45. The topological polar surface area (TPSA) is 25.2 Å². The summed E-state index contributed by atoms with van der Waals surface area (Å²) in [6, 6.07) is 20.3. The minimum Gasteiger partial charge on any atom is -0.460 e. The maximum Gasteiger partial charge on any atom is 0.135 e. The fourth-order valence-electron chi connectivity index (χ4n) is 2.71. The van der Waals surface area contributed by atoms with Crippen LogP contribution in [-0.4, -0.2) is 6.04 Å². The van der Waals surface area contributed by atoms with Gasteiger partial charge in [-0.1, -0.05) is 53.5 Å². The van der Waals surface area contributed by atoms with Gasteiger partial charge in [-0.2, -0.15) is 0 Å². The van der Waals surface area contributed by atoms with E-state index in [1.54, 1.807) is 6.07 Å². The van der Waals surface area contributed by atoms with Gasteiger partial charge in [0.1, 0.15) is 11.5 Å². The molecule has 1 N–H and O–H groups in total. The van der Waals surface area contributed by atoms with E-state index in [0.717, 1.165) is 29.9 Å². The molecule has 0 amide bonds. The van der Waals surface area contributed by atoms with E-state index in [0.29, 0.717) is 22.6 Å². The van der Waals surface area contributed by atoms with E-state index in [1.165, 1.54) is 5.56 Å². The van der Waals surface area contributed by atoms with Crippen molar-refractivity contribution >= 4 is 35.6 Å². The van der Waals surface area contributed by atoms with E-state index in [4.69, 9.17) is 27.6 Å². The van der Waals surface area contributed by atoms with Crippen molar-refractivity contribution in [2.75, 3.05) is 0 Å². The van der Waals surface area contributed by atoms with Crippen LogP contribution in [0.15, 0.2) is 65.1 Å². The largest absolute Gasteiger partial charge is 0.460 e. The van der Waals surface area contributed by atoms with Crippen molar-refractivity contribution in [2.45, 2.75) is 32.4 Å². The van der Waals surface area contributed by atoms with E-state index in [1.807, 2.05) is 30.3 Å². The first-order valence-corrected chi connectivity index (χ1v) is 9.19. The maximum absolute atomic E-state index is 6.24. The van der Waals surface area contributed by atoms with E-state index in [2.05, 4.69) is 36.5 Å². The van der Waals surface area contributed by atoms with Gasteiger partial charge in [-0.3, -0.25) is 0 Å². The Labute approximate surface area is 170 Å². The molecule has 0 saturated heterocycles. The number of benzene rings is 2. The van der Waals surface area contributed by atoms with Crippen LogP contribution in [0.5, 0.6) is 0 Å². The molecule has 0 bridgehead atoms. The maximum atomic E-state index is 6.24. The molecule has 3 aromatic rings. The molecule has 0 fully saturated rings. The van der Waals surface area contributed by atoms with Crippen LogP contribution in [0.4, 0.5) is 0 Å². The lowest BCUT2D eigenvalue weighted by Gasteiger charge is -2.12. The van der Waals surface area contributed by atoms with Gasteiger partial charge in [0.2, 0.25) is 0 Å². The zero-order valence-corrected chi connectivity index (χ0v) is 16.9. The normalized spacial score (nSPS) is 11.8. The number of rotatable bonds is 7. The fourth-order valence-corrected chi connectivity index (χ4v) is 3.21. The number of aryl methyl sites for hydroxylation is 1. The number of furan rings is 1. The highest BCUT2D eigenvalue weighted by molar-refractivity contribution is 6.36. The molecule has 0 spiro atoms. The average molecular weight is 411 g/mol. The third-order valence-electron chi connectivity index (χ3n) is 4.19. The molecule has 1 heterocycles. The summed E-state index contributed by atoms with van der Waals surface area (Å²) in [6.45, 7) is 2.89. The van der Waals surface area contributed by atoms with E-state index in [9.17, 15) is 0 Å². The van der Waals surface area contributed by atoms with E-state index < -0.39 is 0 Å². The minimum atomic E-state index is 0. The van der Waals surface area contributed by atoms with Gasteiger partial charge in [0.25, 0.3) is 0 Å². The summed E-state index contributed by atoms with van der Waals surface area (Å²) in [5.74, 6) is 1.66. The molecule has 0 saturated carbocycles. The van der Waals surface area contributed by atoms with Crippen LogP contribution in [0.3, 0.4) is 0 Å². The molecule has 0 aliphatic heterocycles. The van der Waals surface area contributed by atoms with Crippen molar-refractivity contribution < 1.29 is 4.42 Å². The van der Waals surface area contributed by atoms with Gasteiger partial charge in [-0.05, 0) is 55.7 Å². The van der Waals surface area contributed by atoms with Gasteiger partial charge in [0.15, 0.2) is 0 Å². The van der Waals surface area contributed by atoms with Gasteiger partial charge >= 0.3 is 0 Å². The Morgan fingerprint density at radius 2 is 1.77 bits per heavy atom. The van der Waals surface area contributed by atoms with Crippen LogP contribution >= 0.6 is 35.6 Å². The summed E-state index contributed by atoms with van der Waals surface area (Å²) in [5, 5.41) is 4.72. The van der Waals surface area contributed by atoms with Crippen LogP contribution in [0.1, 0.15) is 24.7 Å². The number of nitrogens with one attached hydrogen (secondary N) is 1. The summed E-state index contributed by atoms with van der Waals surface area (Å²) in [4.78, 5) is 0. The molecule has 26 heavy (non-hydrogen) atoms. The molecule has 0 radical (unpaired) electrons. The standard InChI is InChI=1S/C21H21Cl2NO.ClH/c1-15(7-8-16-5-3-2-4-6-16)24-14-18-10-12-21(25-18)19-11-9-17(22)13-20(19)23;/h2-6,9-13,15,24H,7-8,14H2,1H3;1H. The lowest BCUT2D eigenvalue weighted by Crippen LogP contribution is -2.25. The predicted molar refractivity (Wildman–Crippen MR) is 112 cm³/mol. The summed E-state index contributed by atoms with van der Waals surface area (Å²) in [5.41, 5.74) is 2.23. The van der Waals surface area contributed by atoms with Gasteiger partial charge in [0.05, 0.1) is 11.6 Å². The highest BCUT2D eigenvalue weighted by Crippen LogP contribution is 2.31. The third kappa shape index (κ3) is 5.78. The lowest BCUT2D eigenvalue weighted by molar-refractivity contribution is 0.449. The second-order valence-corrected chi connectivity index (χ2v) is 7.04. The van der Waals surface area contributed by atoms with Crippen LogP contribution in [-0.2, 0) is 13.0 Å². The Kier molecular flexibility index (Phi) is 8.05. The van der Waals surface area contributed by atoms with Crippen LogP contribution in [0.25, 0.3) is 11.3 Å². The first kappa shape index (κ1) is 20.9. The first-order chi connectivity index (χ1) is 12.1. The zero-order chi connectivity index (χ0) is 17.6. The second kappa shape index (κ2) is 10.0. The Balaban J connectivity index is 0.00000243. The molecule has 138 valence electrons. The van der Waals surface area contributed by atoms with Gasteiger partial charge in [-0.25, -0.2) is 0 Å². The molecule has 0 aliphatic rings. The number of hydrogen-bond acceptors (Lipinski definition) is 2. The van der Waals surface area contributed by atoms with Gasteiger partial charge in [0, 0.05) is 16.6 Å². The lowest BCUT2D eigenvalue weighted by atomic mass is 10.1. The summed E-state index contributed by atoms with van der Waals surface area (Å²) < 4.78 is 5.91. The smallest absolute Gasteiger partial charge is 0.135 e. The quantitative estimate of drug-likeness (QED) is 0.464.